The molecule has 0 bridgehead atoms. The van der Waals surface area contributed by atoms with Gasteiger partial charge in [-0.05, 0) is 23.8 Å². The standard InChI is InChI=1S/C16H16ClNO3S/c1-20-6-7-21-10-2-3-11-12(14-4-5-15(17)22-14)9-16(19)18-13(11)8-10/h2-5,8,12H,6-7,9H2,1H3,(H,18,19). The maximum atomic E-state index is 12.0. The smallest absolute Gasteiger partial charge is 0.225 e. The second-order valence-electron chi connectivity index (χ2n) is 5.04. The van der Waals surface area contributed by atoms with Gasteiger partial charge in [-0.15, -0.1) is 11.3 Å². The molecule has 6 heteroatoms. The van der Waals surface area contributed by atoms with Gasteiger partial charge in [0.1, 0.15) is 12.4 Å². The first kappa shape index (κ1) is 15.3. The normalized spacial score (nSPS) is 17.0. The lowest BCUT2D eigenvalue weighted by Crippen LogP contribution is -2.23. The highest BCUT2D eigenvalue weighted by molar-refractivity contribution is 7.16. The van der Waals surface area contributed by atoms with Gasteiger partial charge in [-0.1, -0.05) is 17.7 Å². The SMILES string of the molecule is COCCOc1ccc2c(c1)NC(=O)CC2c1ccc(Cl)s1. The molecule has 2 aromatic rings. The topological polar surface area (TPSA) is 47.6 Å². The van der Waals surface area contributed by atoms with Gasteiger partial charge in [0.25, 0.3) is 0 Å². The van der Waals surface area contributed by atoms with Crippen molar-refractivity contribution < 1.29 is 14.3 Å². The lowest BCUT2D eigenvalue weighted by atomic mass is 9.89. The molecule has 2 heterocycles. The van der Waals surface area contributed by atoms with Crippen LogP contribution in [0, 0.1) is 0 Å². The molecule has 1 aromatic carbocycles. The van der Waals surface area contributed by atoms with Crippen LogP contribution >= 0.6 is 22.9 Å². The number of hydrogen-bond donors (Lipinski definition) is 1. The van der Waals surface area contributed by atoms with E-state index in [0.29, 0.717) is 19.6 Å². The average molecular weight is 338 g/mol. The quantitative estimate of drug-likeness (QED) is 0.842. The number of ether oxygens (including phenoxy) is 2. The molecule has 0 radical (unpaired) electrons. The summed E-state index contributed by atoms with van der Waals surface area (Å²) in [6.45, 7) is 1.01. The molecular weight excluding hydrogens is 322 g/mol. The molecule has 3 rings (SSSR count). The number of anilines is 1. The van der Waals surface area contributed by atoms with Crippen molar-refractivity contribution in [3.05, 3.63) is 45.1 Å². The zero-order valence-corrected chi connectivity index (χ0v) is 13.7. The minimum atomic E-state index is 0.0102. The van der Waals surface area contributed by atoms with Gasteiger partial charge < -0.3 is 14.8 Å². The van der Waals surface area contributed by atoms with Crippen molar-refractivity contribution in [2.24, 2.45) is 0 Å². The second kappa shape index (κ2) is 6.69. The zero-order chi connectivity index (χ0) is 15.5. The Kier molecular flexibility index (Phi) is 4.66. The van der Waals surface area contributed by atoms with Crippen molar-refractivity contribution in [1.29, 1.82) is 0 Å². The van der Waals surface area contributed by atoms with Crippen molar-refractivity contribution >= 4 is 34.5 Å². The van der Waals surface area contributed by atoms with Crippen LogP contribution in [-0.2, 0) is 9.53 Å². The summed E-state index contributed by atoms with van der Waals surface area (Å²) in [4.78, 5) is 13.1. The van der Waals surface area contributed by atoms with E-state index >= 15 is 0 Å². The fraction of sp³-hybridized carbons (Fsp3) is 0.312. The van der Waals surface area contributed by atoms with E-state index in [-0.39, 0.29) is 11.8 Å². The van der Waals surface area contributed by atoms with Crippen LogP contribution in [0.5, 0.6) is 5.75 Å². The van der Waals surface area contributed by atoms with E-state index in [0.717, 1.165) is 26.2 Å². The van der Waals surface area contributed by atoms with Gasteiger partial charge in [-0.25, -0.2) is 0 Å². The van der Waals surface area contributed by atoms with Crippen LogP contribution in [0.15, 0.2) is 30.3 Å². The molecule has 22 heavy (non-hydrogen) atoms. The van der Waals surface area contributed by atoms with Gasteiger partial charge in [0.05, 0.1) is 10.9 Å². The van der Waals surface area contributed by atoms with Crippen molar-refractivity contribution in [3.63, 3.8) is 0 Å². The summed E-state index contributed by atoms with van der Waals surface area (Å²) in [6.07, 6.45) is 0.438. The number of nitrogens with one attached hydrogen (secondary N) is 1. The number of thiophene rings is 1. The Morgan fingerprint density at radius 2 is 2.18 bits per heavy atom. The summed E-state index contributed by atoms with van der Waals surface area (Å²) in [5.74, 6) is 0.784. The van der Waals surface area contributed by atoms with Crippen LogP contribution in [-0.4, -0.2) is 26.2 Å². The summed E-state index contributed by atoms with van der Waals surface area (Å²) in [5, 5.41) is 2.92. The highest BCUT2D eigenvalue weighted by atomic mass is 35.5. The van der Waals surface area contributed by atoms with Crippen LogP contribution in [0.1, 0.15) is 22.8 Å². The predicted octanol–water partition coefficient (Wildman–Crippen LogP) is 3.90. The predicted molar refractivity (Wildman–Crippen MR) is 88.2 cm³/mol. The highest BCUT2D eigenvalue weighted by Crippen LogP contribution is 2.41. The van der Waals surface area contributed by atoms with Crippen molar-refractivity contribution in [3.8, 4) is 5.75 Å². The molecule has 0 saturated carbocycles. The Balaban J connectivity index is 1.88. The van der Waals surface area contributed by atoms with Crippen LogP contribution < -0.4 is 10.1 Å². The molecule has 1 unspecified atom stereocenters. The Hall–Kier alpha value is -1.56. The molecular formula is C16H16ClNO3S. The zero-order valence-electron chi connectivity index (χ0n) is 12.1. The molecule has 4 nitrogen and oxygen atoms in total. The first-order valence-electron chi connectivity index (χ1n) is 6.98. The van der Waals surface area contributed by atoms with E-state index < -0.39 is 0 Å². The molecule has 0 spiro atoms. The van der Waals surface area contributed by atoms with Gasteiger partial charge in [0.15, 0.2) is 0 Å². The number of rotatable bonds is 5. The third-order valence-electron chi connectivity index (χ3n) is 3.56. The summed E-state index contributed by atoms with van der Waals surface area (Å²) in [7, 11) is 1.63. The van der Waals surface area contributed by atoms with Gasteiger partial charge in [0.2, 0.25) is 5.91 Å². The lowest BCUT2D eigenvalue weighted by molar-refractivity contribution is -0.116. The molecule has 0 aliphatic carbocycles. The second-order valence-corrected chi connectivity index (χ2v) is 6.78. The van der Waals surface area contributed by atoms with Crippen LogP contribution in [0.25, 0.3) is 0 Å². The van der Waals surface area contributed by atoms with E-state index in [1.54, 1.807) is 7.11 Å². The van der Waals surface area contributed by atoms with E-state index in [1.807, 2.05) is 30.3 Å². The number of hydrogen-bond acceptors (Lipinski definition) is 4. The van der Waals surface area contributed by atoms with Crippen molar-refractivity contribution in [2.45, 2.75) is 12.3 Å². The van der Waals surface area contributed by atoms with Crippen LogP contribution in [0.2, 0.25) is 4.34 Å². The Labute approximate surface area is 138 Å². The first-order valence-corrected chi connectivity index (χ1v) is 8.17. The summed E-state index contributed by atoms with van der Waals surface area (Å²) in [5.41, 5.74) is 1.90. The largest absolute Gasteiger partial charge is 0.491 e. The van der Waals surface area contributed by atoms with Crippen LogP contribution in [0.4, 0.5) is 5.69 Å². The number of carbonyl (C=O) groups excluding carboxylic acids is 1. The molecule has 1 aliphatic heterocycles. The van der Waals surface area contributed by atoms with Crippen molar-refractivity contribution in [1.82, 2.24) is 0 Å². The highest BCUT2D eigenvalue weighted by Gasteiger charge is 2.27. The van der Waals surface area contributed by atoms with E-state index in [1.165, 1.54) is 11.3 Å². The third-order valence-corrected chi connectivity index (χ3v) is 4.90. The number of methoxy groups -OCH3 is 1. The fourth-order valence-electron chi connectivity index (χ4n) is 2.55. The van der Waals surface area contributed by atoms with Crippen molar-refractivity contribution in [2.75, 3.05) is 25.6 Å². The molecule has 1 aliphatic rings. The number of benzene rings is 1. The molecule has 0 saturated heterocycles. The third kappa shape index (κ3) is 3.27. The molecule has 1 amide bonds. The fourth-order valence-corrected chi connectivity index (χ4v) is 3.73. The number of carbonyl (C=O) groups is 1. The molecule has 1 N–H and O–H groups in total. The average Bonchev–Trinajstić information content (AvgIpc) is 2.93. The molecule has 1 aromatic heterocycles. The number of halogens is 1. The summed E-state index contributed by atoms with van der Waals surface area (Å²) >= 11 is 7.54. The monoisotopic (exact) mass is 337 g/mol. The molecule has 1 atom stereocenters. The molecule has 116 valence electrons. The maximum Gasteiger partial charge on any atom is 0.225 e. The summed E-state index contributed by atoms with van der Waals surface area (Å²) < 4.78 is 11.3. The van der Waals surface area contributed by atoms with E-state index in [4.69, 9.17) is 21.1 Å². The minimum absolute atomic E-state index is 0.0102. The van der Waals surface area contributed by atoms with Gasteiger partial charge in [-0.2, -0.15) is 0 Å². The number of fused-ring (bicyclic) bond motifs is 1. The minimum Gasteiger partial charge on any atom is -0.491 e. The number of amides is 1. The van der Waals surface area contributed by atoms with Gasteiger partial charge >= 0.3 is 0 Å². The van der Waals surface area contributed by atoms with E-state index in [9.17, 15) is 4.79 Å². The van der Waals surface area contributed by atoms with Gasteiger partial charge in [0, 0.05) is 36.1 Å². The maximum absolute atomic E-state index is 12.0. The lowest BCUT2D eigenvalue weighted by Gasteiger charge is -2.25. The van der Waals surface area contributed by atoms with Gasteiger partial charge in [-0.3, -0.25) is 4.79 Å². The Bertz CT molecular complexity index is 686. The van der Waals surface area contributed by atoms with Crippen LogP contribution in [0.3, 0.4) is 0 Å². The van der Waals surface area contributed by atoms with E-state index in [2.05, 4.69) is 5.32 Å². The Morgan fingerprint density at radius 3 is 2.91 bits per heavy atom. The Morgan fingerprint density at radius 1 is 1.32 bits per heavy atom. The summed E-state index contributed by atoms with van der Waals surface area (Å²) in [6, 6.07) is 9.66. The molecule has 0 fully saturated rings. The first-order chi connectivity index (χ1) is 10.7.